The molecule has 1 aliphatic heterocycles. The number of pyridine rings is 1. The lowest BCUT2D eigenvalue weighted by molar-refractivity contribution is 0.0954. The van der Waals surface area contributed by atoms with Crippen LogP contribution in [-0.4, -0.2) is 46.1 Å². The third kappa shape index (κ3) is 5.29. The average molecular weight is 466 g/mol. The van der Waals surface area contributed by atoms with Crippen LogP contribution in [0.5, 0.6) is 0 Å². The molecular weight excluding hydrogens is 442 g/mol. The molecule has 10 heteroatoms. The van der Waals surface area contributed by atoms with E-state index in [2.05, 4.69) is 15.6 Å². The van der Waals surface area contributed by atoms with Crippen molar-refractivity contribution in [1.82, 2.24) is 15.2 Å². The summed E-state index contributed by atoms with van der Waals surface area (Å²) in [4.78, 5) is 44.4. The number of aryl methyl sites for hydroxylation is 1. The summed E-state index contributed by atoms with van der Waals surface area (Å²) < 4.78 is 0. The third-order valence-corrected chi connectivity index (χ3v) is 6.49. The molecule has 3 N–H and O–H groups in total. The van der Waals surface area contributed by atoms with Crippen molar-refractivity contribution in [3.63, 3.8) is 0 Å². The van der Waals surface area contributed by atoms with E-state index in [1.165, 1.54) is 11.3 Å². The Bertz CT molecular complexity index is 1160. The highest BCUT2D eigenvalue weighted by atomic mass is 32.1. The zero-order valence-electron chi connectivity index (χ0n) is 17.9. The van der Waals surface area contributed by atoms with Crippen molar-refractivity contribution >= 4 is 40.1 Å². The first-order valence-electron chi connectivity index (χ1n) is 10.3. The number of anilines is 2. The van der Waals surface area contributed by atoms with Crippen LogP contribution in [0.2, 0.25) is 0 Å². The maximum absolute atomic E-state index is 13.0. The van der Waals surface area contributed by atoms with Gasteiger partial charge in [-0.1, -0.05) is 18.2 Å². The predicted octanol–water partition coefficient (Wildman–Crippen LogP) is 3.91. The first-order valence-corrected chi connectivity index (χ1v) is 11.2. The van der Waals surface area contributed by atoms with Crippen molar-refractivity contribution in [2.75, 3.05) is 23.3 Å². The quantitative estimate of drug-likeness (QED) is 0.489. The maximum atomic E-state index is 13.0. The van der Waals surface area contributed by atoms with Crippen LogP contribution in [0.3, 0.4) is 0 Å². The lowest BCUT2D eigenvalue weighted by Crippen LogP contribution is -2.31. The van der Waals surface area contributed by atoms with Gasteiger partial charge >= 0.3 is 12.1 Å². The number of nitrogens with zero attached hydrogens (tertiary/aromatic N) is 3. The fourth-order valence-corrected chi connectivity index (χ4v) is 4.67. The predicted molar refractivity (Wildman–Crippen MR) is 126 cm³/mol. The summed E-state index contributed by atoms with van der Waals surface area (Å²) in [6.07, 6.45) is 2.27. The number of carbonyl (C=O) groups excluding carboxylic acids is 2. The molecule has 4 rings (SSSR count). The van der Waals surface area contributed by atoms with Crippen LogP contribution in [0.25, 0.3) is 0 Å². The lowest BCUT2D eigenvalue weighted by atomic mass is 10.2. The molecule has 1 aliphatic rings. The molecule has 3 heterocycles. The van der Waals surface area contributed by atoms with Gasteiger partial charge in [0.15, 0.2) is 0 Å². The number of aromatic nitrogens is 1. The zero-order chi connectivity index (χ0) is 23.4. The molecular formula is C23H23N5O4S. The van der Waals surface area contributed by atoms with Crippen LogP contribution in [0.4, 0.5) is 20.3 Å². The topological polar surface area (TPSA) is 115 Å². The lowest BCUT2D eigenvalue weighted by Gasteiger charge is -2.17. The number of thiophene rings is 1. The van der Waals surface area contributed by atoms with E-state index in [9.17, 15) is 14.4 Å². The number of benzene rings is 1. The van der Waals surface area contributed by atoms with E-state index in [0.29, 0.717) is 36.7 Å². The van der Waals surface area contributed by atoms with Gasteiger partial charge in [0, 0.05) is 44.3 Å². The minimum absolute atomic E-state index is 0.119. The van der Waals surface area contributed by atoms with Crippen LogP contribution in [0.1, 0.15) is 26.4 Å². The first kappa shape index (κ1) is 22.3. The van der Waals surface area contributed by atoms with Crippen LogP contribution in [0.15, 0.2) is 54.9 Å². The van der Waals surface area contributed by atoms with Gasteiger partial charge in [-0.2, -0.15) is 0 Å². The molecule has 33 heavy (non-hydrogen) atoms. The van der Waals surface area contributed by atoms with Gasteiger partial charge in [0.1, 0.15) is 5.00 Å². The fraction of sp³-hybridized carbons (Fsp3) is 0.217. The van der Waals surface area contributed by atoms with Gasteiger partial charge in [-0.05, 0) is 47.9 Å². The summed E-state index contributed by atoms with van der Waals surface area (Å²) in [5.41, 5.74) is 3.12. The van der Waals surface area contributed by atoms with Crippen molar-refractivity contribution in [2.45, 2.75) is 20.0 Å². The minimum Gasteiger partial charge on any atom is -0.465 e. The van der Waals surface area contributed by atoms with Crippen molar-refractivity contribution in [3.8, 4) is 0 Å². The van der Waals surface area contributed by atoms with Gasteiger partial charge in [0.25, 0.3) is 5.91 Å². The molecule has 4 amide bonds. The number of carboxylic acid groups (broad SMARTS) is 1. The van der Waals surface area contributed by atoms with Crippen LogP contribution < -0.4 is 15.5 Å². The first-order chi connectivity index (χ1) is 15.9. The van der Waals surface area contributed by atoms with E-state index in [1.54, 1.807) is 46.5 Å². The highest BCUT2D eigenvalue weighted by Gasteiger charge is 2.31. The Balaban J connectivity index is 1.38. The van der Waals surface area contributed by atoms with Gasteiger partial charge in [0.2, 0.25) is 0 Å². The summed E-state index contributed by atoms with van der Waals surface area (Å²) in [5, 5.41) is 14.7. The molecule has 1 fully saturated rings. The highest BCUT2D eigenvalue weighted by Crippen LogP contribution is 2.32. The summed E-state index contributed by atoms with van der Waals surface area (Å²) in [7, 11) is 0. The van der Waals surface area contributed by atoms with Crippen molar-refractivity contribution in [1.29, 1.82) is 0 Å². The standard InChI is InChI=1S/C23H23N5O4S/c1-15-11-19(33-20(15)21(29)25-13-17-3-2-8-24-12-17)28-10-9-27(23(28)32)14-16-4-6-18(7-5-16)26-22(30)31/h2-8,11-12,26H,9-10,13-14H2,1H3,(H,25,29)(H,30,31). The van der Waals surface area contributed by atoms with Gasteiger partial charge < -0.3 is 15.3 Å². The Morgan fingerprint density at radius 1 is 1.15 bits per heavy atom. The average Bonchev–Trinajstić information content (AvgIpc) is 3.36. The largest absolute Gasteiger partial charge is 0.465 e. The molecule has 0 atom stereocenters. The second-order valence-electron chi connectivity index (χ2n) is 7.62. The molecule has 0 spiro atoms. The molecule has 0 saturated carbocycles. The van der Waals surface area contributed by atoms with Gasteiger partial charge in [-0.25, -0.2) is 9.59 Å². The number of hydrogen-bond acceptors (Lipinski definition) is 5. The van der Waals surface area contributed by atoms with Crippen molar-refractivity contribution < 1.29 is 19.5 Å². The molecule has 170 valence electrons. The zero-order valence-corrected chi connectivity index (χ0v) is 18.8. The van der Waals surface area contributed by atoms with E-state index in [-0.39, 0.29) is 11.9 Å². The summed E-state index contributed by atoms with van der Waals surface area (Å²) in [6.45, 7) is 3.77. The molecule has 0 aliphatic carbocycles. The van der Waals surface area contributed by atoms with E-state index in [4.69, 9.17) is 5.11 Å². The minimum atomic E-state index is -1.12. The highest BCUT2D eigenvalue weighted by molar-refractivity contribution is 7.18. The van der Waals surface area contributed by atoms with Gasteiger partial charge in [-0.15, -0.1) is 11.3 Å². The third-order valence-electron chi connectivity index (χ3n) is 5.23. The molecule has 2 aromatic heterocycles. The summed E-state index contributed by atoms with van der Waals surface area (Å²) in [6, 6.07) is 12.4. The SMILES string of the molecule is Cc1cc(N2CCN(Cc3ccc(NC(=O)O)cc3)C2=O)sc1C(=O)NCc1cccnc1. The molecule has 9 nitrogen and oxygen atoms in total. The molecule has 0 bridgehead atoms. The van der Waals surface area contributed by atoms with Crippen LogP contribution in [-0.2, 0) is 13.1 Å². The van der Waals surface area contributed by atoms with E-state index < -0.39 is 6.09 Å². The molecule has 1 saturated heterocycles. The smallest absolute Gasteiger partial charge is 0.409 e. The number of hydrogen-bond donors (Lipinski definition) is 3. The number of rotatable bonds is 7. The maximum Gasteiger partial charge on any atom is 0.409 e. The van der Waals surface area contributed by atoms with Crippen LogP contribution >= 0.6 is 11.3 Å². The Hall–Kier alpha value is -3.92. The number of nitrogens with one attached hydrogen (secondary N) is 2. The number of urea groups is 1. The van der Waals surface area contributed by atoms with E-state index in [1.807, 2.05) is 25.1 Å². The summed E-state index contributed by atoms with van der Waals surface area (Å²) in [5.74, 6) is -0.175. The van der Waals surface area contributed by atoms with E-state index in [0.717, 1.165) is 21.7 Å². The Kier molecular flexibility index (Phi) is 6.55. The Labute approximate surface area is 194 Å². The Morgan fingerprint density at radius 3 is 2.64 bits per heavy atom. The monoisotopic (exact) mass is 465 g/mol. The molecule has 3 aromatic rings. The number of amides is 4. The molecule has 0 radical (unpaired) electrons. The Morgan fingerprint density at radius 2 is 1.94 bits per heavy atom. The van der Waals surface area contributed by atoms with Crippen LogP contribution in [0, 0.1) is 6.92 Å². The fourth-order valence-electron chi connectivity index (χ4n) is 3.56. The van der Waals surface area contributed by atoms with Gasteiger partial charge in [-0.3, -0.25) is 20.0 Å². The van der Waals surface area contributed by atoms with E-state index >= 15 is 0 Å². The normalized spacial score (nSPS) is 13.3. The second-order valence-corrected chi connectivity index (χ2v) is 8.65. The molecule has 0 unspecified atom stereocenters. The second kappa shape index (κ2) is 9.70. The van der Waals surface area contributed by atoms with Gasteiger partial charge in [0.05, 0.1) is 4.88 Å². The summed E-state index contributed by atoms with van der Waals surface area (Å²) >= 11 is 1.31. The van der Waals surface area contributed by atoms with Crippen molar-refractivity contribution in [3.05, 3.63) is 76.4 Å². The van der Waals surface area contributed by atoms with Crippen molar-refractivity contribution in [2.24, 2.45) is 0 Å². The number of carbonyl (C=O) groups is 3. The molecule has 1 aromatic carbocycles.